The topological polar surface area (TPSA) is 38.3 Å². The average molecular weight is 221 g/mol. The normalized spacial score (nSPS) is 10.5. The number of hydrogen-bond acceptors (Lipinski definition) is 2. The molecule has 0 saturated heterocycles. The number of hydrogen-bond donors (Lipinski definition) is 1. The molecule has 0 aromatic heterocycles. The Hall–Kier alpha value is -1.35. The molecule has 0 atom stereocenters. The molecule has 16 heavy (non-hydrogen) atoms. The van der Waals surface area contributed by atoms with E-state index in [0.29, 0.717) is 24.6 Å². The average Bonchev–Trinajstić information content (AvgIpc) is 2.26. The van der Waals surface area contributed by atoms with Gasteiger partial charge in [-0.1, -0.05) is 26.0 Å². The van der Waals surface area contributed by atoms with E-state index in [-0.39, 0.29) is 5.91 Å². The van der Waals surface area contributed by atoms with Crippen LogP contribution in [0, 0.1) is 5.92 Å². The van der Waals surface area contributed by atoms with Gasteiger partial charge in [-0.05, 0) is 23.6 Å². The molecule has 0 saturated carbocycles. The summed E-state index contributed by atoms with van der Waals surface area (Å²) in [6, 6.07) is 7.50. The molecule has 1 rings (SSSR count). The molecule has 0 bridgehead atoms. The van der Waals surface area contributed by atoms with Gasteiger partial charge < -0.3 is 10.1 Å². The Labute approximate surface area is 96.8 Å². The van der Waals surface area contributed by atoms with Gasteiger partial charge in [0.25, 0.3) is 5.91 Å². The van der Waals surface area contributed by atoms with E-state index >= 15 is 0 Å². The van der Waals surface area contributed by atoms with Gasteiger partial charge in [0, 0.05) is 19.2 Å². The molecule has 1 aromatic carbocycles. The molecule has 0 heterocycles. The summed E-state index contributed by atoms with van der Waals surface area (Å²) in [5, 5.41) is 2.89. The van der Waals surface area contributed by atoms with Gasteiger partial charge in [0.05, 0.1) is 6.61 Å². The van der Waals surface area contributed by atoms with Crippen LogP contribution in [0.4, 0.5) is 0 Å². The summed E-state index contributed by atoms with van der Waals surface area (Å²) < 4.78 is 5.03. The SMILES string of the molecule is COCc1cccc(C(=O)NCC(C)C)c1. The van der Waals surface area contributed by atoms with E-state index in [1.54, 1.807) is 7.11 Å². The van der Waals surface area contributed by atoms with Gasteiger partial charge in [-0.2, -0.15) is 0 Å². The lowest BCUT2D eigenvalue weighted by Gasteiger charge is -2.08. The van der Waals surface area contributed by atoms with Crippen LogP contribution in [0.25, 0.3) is 0 Å². The molecule has 1 aromatic rings. The molecule has 0 spiro atoms. The van der Waals surface area contributed by atoms with Gasteiger partial charge >= 0.3 is 0 Å². The molecular weight excluding hydrogens is 202 g/mol. The maximum atomic E-state index is 11.8. The molecule has 0 aliphatic carbocycles. The molecule has 0 radical (unpaired) electrons. The molecule has 1 N–H and O–H groups in total. The van der Waals surface area contributed by atoms with E-state index in [4.69, 9.17) is 4.74 Å². The highest BCUT2D eigenvalue weighted by molar-refractivity contribution is 5.94. The van der Waals surface area contributed by atoms with Crippen LogP contribution in [0.2, 0.25) is 0 Å². The summed E-state index contributed by atoms with van der Waals surface area (Å²) >= 11 is 0. The smallest absolute Gasteiger partial charge is 0.251 e. The van der Waals surface area contributed by atoms with Crippen LogP contribution in [0.15, 0.2) is 24.3 Å². The fourth-order valence-corrected chi connectivity index (χ4v) is 1.37. The number of ether oxygens (including phenoxy) is 1. The van der Waals surface area contributed by atoms with Crippen LogP contribution in [0.5, 0.6) is 0 Å². The van der Waals surface area contributed by atoms with Crippen molar-refractivity contribution in [1.29, 1.82) is 0 Å². The maximum Gasteiger partial charge on any atom is 0.251 e. The molecule has 0 unspecified atom stereocenters. The molecule has 0 fully saturated rings. The number of benzene rings is 1. The molecule has 0 aliphatic heterocycles. The Kier molecular flexibility index (Phi) is 4.99. The third kappa shape index (κ3) is 4.03. The first-order chi connectivity index (χ1) is 7.63. The first kappa shape index (κ1) is 12.7. The second-order valence-corrected chi connectivity index (χ2v) is 4.24. The van der Waals surface area contributed by atoms with Crippen molar-refractivity contribution in [1.82, 2.24) is 5.32 Å². The van der Waals surface area contributed by atoms with Crippen molar-refractivity contribution < 1.29 is 9.53 Å². The number of nitrogens with one attached hydrogen (secondary N) is 1. The standard InChI is InChI=1S/C13H19NO2/c1-10(2)8-14-13(15)12-6-4-5-11(7-12)9-16-3/h4-7,10H,8-9H2,1-3H3,(H,14,15). The molecule has 3 nitrogen and oxygen atoms in total. The van der Waals surface area contributed by atoms with E-state index in [1.807, 2.05) is 24.3 Å². The summed E-state index contributed by atoms with van der Waals surface area (Å²) in [6.45, 7) is 5.38. The number of amides is 1. The lowest BCUT2D eigenvalue weighted by molar-refractivity contribution is 0.0948. The van der Waals surface area contributed by atoms with Crippen molar-refractivity contribution in [2.45, 2.75) is 20.5 Å². The molecular formula is C13H19NO2. The van der Waals surface area contributed by atoms with Crippen molar-refractivity contribution in [2.24, 2.45) is 5.92 Å². The predicted molar refractivity (Wildman–Crippen MR) is 64.3 cm³/mol. The van der Waals surface area contributed by atoms with Crippen LogP contribution in [-0.4, -0.2) is 19.6 Å². The van der Waals surface area contributed by atoms with Crippen molar-refractivity contribution >= 4 is 5.91 Å². The Morgan fingerprint density at radius 3 is 2.81 bits per heavy atom. The first-order valence-electron chi connectivity index (χ1n) is 5.49. The summed E-state index contributed by atoms with van der Waals surface area (Å²) in [6.07, 6.45) is 0. The van der Waals surface area contributed by atoms with E-state index < -0.39 is 0 Å². The summed E-state index contributed by atoms with van der Waals surface area (Å²) in [4.78, 5) is 11.8. The highest BCUT2D eigenvalue weighted by atomic mass is 16.5. The van der Waals surface area contributed by atoms with Gasteiger partial charge in [-0.3, -0.25) is 4.79 Å². The number of methoxy groups -OCH3 is 1. The lowest BCUT2D eigenvalue weighted by Crippen LogP contribution is -2.27. The first-order valence-corrected chi connectivity index (χ1v) is 5.49. The van der Waals surface area contributed by atoms with Crippen LogP contribution in [0.3, 0.4) is 0 Å². The molecule has 0 aliphatic rings. The Bertz CT molecular complexity index is 348. The maximum absolute atomic E-state index is 11.8. The number of carbonyl (C=O) groups is 1. The van der Waals surface area contributed by atoms with E-state index in [0.717, 1.165) is 5.56 Å². The highest BCUT2D eigenvalue weighted by Gasteiger charge is 2.06. The minimum atomic E-state index is -0.0216. The summed E-state index contributed by atoms with van der Waals surface area (Å²) in [5.74, 6) is 0.442. The molecule has 3 heteroatoms. The monoisotopic (exact) mass is 221 g/mol. The third-order valence-electron chi connectivity index (χ3n) is 2.17. The molecule has 88 valence electrons. The zero-order valence-electron chi connectivity index (χ0n) is 10.1. The minimum absolute atomic E-state index is 0.0216. The molecule has 1 amide bonds. The van der Waals surface area contributed by atoms with E-state index in [9.17, 15) is 4.79 Å². The Morgan fingerprint density at radius 1 is 1.44 bits per heavy atom. The Balaban J connectivity index is 2.64. The van der Waals surface area contributed by atoms with Crippen LogP contribution < -0.4 is 5.32 Å². The van der Waals surface area contributed by atoms with Crippen molar-refractivity contribution in [3.63, 3.8) is 0 Å². The summed E-state index contributed by atoms with van der Waals surface area (Å²) in [7, 11) is 1.64. The highest BCUT2D eigenvalue weighted by Crippen LogP contribution is 2.06. The third-order valence-corrected chi connectivity index (χ3v) is 2.17. The Morgan fingerprint density at radius 2 is 2.19 bits per heavy atom. The zero-order chi connectivity index (χ0) is 12.0. The van der Waals surface area contributed by atoms with Crippen LogP contribution in [-0.2, 0) is 11.3 Å². The van der Waals surface area contributed by atoms with Gasteiger partial charge in [-0.15, -0.1) is 0 Å². The number of rotatable bonds is 5. The van der Waals surface area contributed by atoms with E-state index in [2.05, 4.69) is 19.2 Å². The minimum Gasteiger partial charge on any atom is -0.380 e. The largest absolute Gasteiger partial charge is 0.380 e. The van der Waals surface area contributed by atoms with Gasteiger partial charge in [-0.25, -0.2) is 0 Å². The quantitative estimate of drug-likeness (QED) is 0.828. The number of carbonyl (C=O) groups excluding carboxylic acids is 1. The fraction of sp³-hybridized carbons (Fsp3) is 0.462. The fourth-order valence-electron chi connectivity index (χ4n) is 1.37. The van der Waals surface area contributed by atoms with Crippen molar-refractivity contribution in [2.75, 3.05) is 13.7 Å². The van der Waals surface area contributed by atoms with Gasteiger partial charge in [0.2, 0.25) is 0 Å². The van der Waals surface area contributed by atoms with Crippen LogP contribution in [0.1, 0.15) is 29.8 Å². The lowest BCUT2D eigenvalue weighted by atomic mass is 10.1. The van der Waals surface area contributed by atoms with Crippen molar-refractivity contribution in [3.8, 4) is 0 Å². The van der Waals surface area contributed by atoms with Crippen LogP contribution >= 0.6 is 0 Å². The predicted octanol–water partition coefficient (Wildman–Crippen LogP) is 2.22. The van der Waals surface area contributed by atoms with E-state index in [1.165, 1.54) is 0 Å². The van der Waals surface area contributed by atoms with Gasteiger partial charge in [0.15, 0.2) is 0 Å². The van der Waals surface area contributed by atoms with Crippen molar-refractivity contribution in [3.05, 3.63) is 35.4 Å². The second kappa shape index (κ2) is 6.28. The summed E-state index contributed by atoms with van der Waals surface area (Å²) in [5.41, 5.74) is 1.70. The zero-order valence-corrected chi connectivity index (χ0v) is 10.1. The van der Waals surface area contributed by atoms with Gasteiger partial charge in [0.1, 0.15) is 0 Å². The second-order valence-electron chi connectivity index (χ2n) is 4.24.